The lowest BCUT2D eigenvalue weighted by Crippen LogP contribution is -2.41. The van der Waals surface area contributed by atoms with E-state index in [9.17, 15) is 18.3 Å². The number of nitrogens with zero attached hydrogens (tertiary/aromatic N) is 2. The van der Waals surface area contributed by atoms with Gasteiger partial charge in [-0.15, -0.1) is 0 Å². The molecule has 0 radical (unpaired) electrons. The molecule has 3 aliphatic rings. The lowest BCUT2D eigenvalue weighted by Gasteiger charge is -2.35. The van der Waals surface area contributed by atoms with E-state index in [-0.39, 0.29) is 61.6 Å². The summed E-state index contributed by atoms with van der Waals surface area (Å²) in [5.41, 5.74) is 0.927. The number of allylic oxidation sites excluding steroid dienone is 1. The molecular formula is C31H40N2O9S. The molecular weight excluding hydrogens is 576 g/mol. The molecule has 0 aromatic heterocycles. The molecule has 5 rings (SSSR count). The van der Waals surface area contributed by atoms with Crippen molar-refractivity contribution in [2.75, 3.05) is 47.3 Å². The number of aliphatic hydroxyl groups is 1. The van der Waals surface area contributed by atoms with Crippen molar-refractivity contribution in [3.05, 3.63) is 59.9 Å². The van der Waals surface area contributed by atoms with E-state index in [2.05, 4.69) is 0 Å². The van der Waals surface area contributed by atoms with Gasteiger partial charge in [-0.2, -0.15) is 4.31 Å². The Labute approximate surface area is 253 Å². The van der Waals surface area contributed by atoms with Crippen molar-refractivity contribution in [2.45, 2.75) is 61.7 Å². The molecule has 1 amide bonds. The smallest absolute Gasteiger partial charge is 0.288 e. The Morgan fingerprint density at radius 1 is 1.02 bits per heavy atom. The van der Waals surface area contributed by atoms with E-state index in [1.165, 1.54) is 30.0 Å². The van der Waals surface area contributed by atoms with Gasteiger partial charge in [-0.3, -0.25) is 4.79 Å². The number of fused-ring (bicyclic) bond motifs is 1. The second-order valence-corrected chi connectivity index (χ2v) is 12.9. The van der Waals surface area contributed by atoms with Crippen LogP contribution in [0.25, 0.3) is 0 Å². The predicted molar refractivity (Wildman–Crippen MR) is 157 cm³/mol. The van der Waals surface area contributed by atoms with Crippen LogP contribution >= 0.6 is 0 Å². The molecule has 43 heavy (non-hydrogen) atoms. The maximum absolute atomic E-state index is 13.6. The van der Waals surface area contributed by atoms with Gasteiger partial charge >= 0.3 is 0 Å². The second kappa shape index (κ2) is 14.0. The van der Waals surface area contributed by atoms with Gasteiger partial charge in [0.05, 0.1) is 25.2 Å². The number of benzene rings is 2. The number of rotatable bonds is 12. The van der Waals surface area contributed by atoms with Crippen molar-refractivity contribution in [3.8, 4) is 17.2 Å². The minimum absolute atomic E-state index is 0.00611. The van der Waals surface area contributed by atoms with Crippen LogP contribution in [0.4, 0.5) is 0 Å². The molecule has 2 aromatic rings. The highest BCUT2D eigenvalue weighted by Gasteiger charge is 2.33. The standard InChI is InChI=1S/C31H40N2O9S/c1-32(24-6-4-3-5-7-24)31(35)29-19-23(22-8-13-27-28(18-22)41-21-40-27)20-30(42-29)39-17-15-33(14-16-34)43(36,37)26-11-9-25(38-2)10-12-26/h8-13,18-19,23-24,30,34H,3-7,14-17,20-21H2,1-2H3. The lowest BCUT2D eigenvalue weighted by molar-refractivity contribution is -0.153. The first-order valence-corrected chi connectivity index (χ1v) is 16.2. The number of sulfonamides is 1. The molecule has 1 saturated carbocycles. The van der Waals surface area contributed by atoms with Gasteiger partial charge in [0.1, 0.15) is 5.75 Å². The lowest BCUT2D eigenvalue weighted by atomic mass is 9.91. The topological polar surface area (TPSA) is 124 Å². The predicted octanol–water partition coefficient (Wildman–Crippen LogP) is 3.63. The zero-order valence-electron chi connectivity index (χ0n) is 24.6. The molecule has 2 aliphatic heterocycles. The number of aliphatic hydroxyl groups excluding tert-OH is 1. The van der Waals surface area contributed by atoms with E-state index in [1.807, 2.05) is 31.3 Å². The molecule has 1 aliphatic carbocycles. The summed E-state index contributed by atoms with van der Waals surface area (Å²) in [5.74, 6) is 1.66. The summed E-state index contributed by atoms with van der Waals surface area (Å²) in [6.07, 6.45) is 6.75. The van der Waals surface area contributed by atoms with Crippen LogP contribution in [0.5, 0.6) is 17.2 Å². The first-order chi connectivity index (χ1) is 20.8. The van der Waals surface area contributed by atoms with Gasteiger partial charge in [-0.05, 0) is 60.9 Å². The van der Waals surface area contributed by atoms with Crippen LogP contribution < -0.4 is 14.2 Å². The minimum Gasteiger partial charge on any atom is -0.497 e. The van der Waals surface area contributed by atoms with E-state index in [1.54, 1.807) is 17.0 Å². The molecule has 0 saturated heterocycles. The number of likely N-dealkylation sites (N-methyl/N-ethyl adjacent to an activating group) is 1. The number of hydrogen-bond acceptors (Lipinski definition) is 9. The Kier molecular flexibility index (Phi) is 10.1. The summed E-state index contributed by atoms with van der Waals surface area (Å²) in [6.45, 7) is -0.310. The van der Waals surface area contributed by atoms with Gasteiger partial charge in [0, 0.05) is 38.5 Å². The third-order valence-corrected chi connectivity index (χ3v) is 10.1. The Morgan fingerprint density at radius 3 is 2.49 bits per heavy atom. The van der Waals surface area contributed by atoms with Crippen molar-refractivity contribution < 1.29 is 42.0 Å². The van der Waals surface area contributed by atoms with Crippen molar-refractivity contribution in [1.29, 1.82) is 0 Å². The van der Waals surface area contributed by atoms with Gasteiger partial charge in [-0.25, -0.2) is 8.42 Å². The Balaban J connectivity index is 1.30. The van der Waals surface area contributed by atoms with Gasteiger partial charge in [0.15, 0.2) is 17.3 Å². The minimum atomic E-state index is -3.90. The third-order valence-electron chi connectivity index (χ3n) is 8.23. The molecule has 0 spiro atoms. The third kappa shape index (κ3) is 7.26. The molecule has 11 nitrogen and oxygen atoms in total. The number of carbonyl (C=O) groups excluding carboxylic acids is 1. The molecule has 0 bridgehead atoms. The summed E-state index contributed by atoms with van der Waals surface area (Å²) in [5, 5.41) is 9.60. The zero-order valence-corrected chi connectivity index (χ0v) is 25.5. The largest absolute Gasteiger partial charge is 0.497 e. The van der Waals surface area contributed by atoms with Gasteiger partial charge in [0.2, 0.25) is 23.1 Å². The highest BCUT2D eigenvalue weighted by atomic mass is 32.2. The Bertz CT molecular complexity index is 1390. The van der Waals surface area contributed by atoms with Gasteiger partial charge in [-0.1, -0.05) is 25.3 Å². The van der Waals surface area contributed by atoms with Crippen LogP contribution in [0.3, 0.4) is 0 Å². The fourth-order valence-corrected chi connectivity index (χ4v) is 7.16. The fraction of sp³-hybridized carbons (Fsp3) is 0.516. The fourth-order valence-electron chi connectivity index (χ4n) is 5.74. The van der Waals surface area contributed by atoms with Crippen molar-refractivity contribution in [2.24, 2.45) is 0 Å². The van der Waals surface area contributed by atoms with Crippen LogP contribution in [-0.2, 0) is 24.3 Å². The molecule has 12 heteroatoms. The van der Waals surface area contributed by atoms with Crippen molar-refractivity contribution >= 4 is 15.9 Å². The van der Waals surface area contributed by atoms with Crippen LogP contribution in [0.1, 0.15) is 50.0 Å². The number of carbonyl (C=O) groups is 1. The van der Waals surface area contributed by atoms with Crippen LogP contribution in [0.2, 0.25) is 0 Å². The summed E-state index contributed by atoms with van der Waals surface area (Å²) < 4.78 is 56.1. The van der Waals surface area contributed by atoms with E-state index >= 15 is 0 Å². The van der Waals surface area contributed by atoms with E-state index in [0.717, 1.165) is 31.2 Å². The van der Waals surface area contributed by atoms with Gasteiger partial charge < -0.3 is 33.7 Å². The number of hydrogen-bond donors (Lipinski definition) is 1. The van der Waals surface area contributed by atoms with E-state index in [4.69, 9.17) is 23.7 Å². The van der Waals surface area contributed by atoms with Crippen molar-refractivity contribution in [3.63, 3.8) is 0 Å². The highest BCUT2D eigenvalue weighted by Crippen LogP contribution is 2.39. The summed E-state index contributed by atoms with van der Waals surface area (Å²) in [4.78, 5) is 15.5. The molecule has 2 heterocycles. The van der Waals surface area contributed by atoms with Crippen LogP contribution in [0.15, 0.2) is 59.2 Å². The average molecular weight is 617 g/mol. The van der Waals surface area contributed by atoms with Gasteiger partial charge in [0.25, 0.3) is 5.91 Å². The molecule has 1 fully saturated rings. The molecule has 2 unspecified atom stereocenters. The second-order valence-electron chi connectivity index (χ2n) is 10.9. The molecule has 234 valence electrons. The van der Waals surface area contributed by atoms with E-state index in [0.29, 0.717) is 23.7 Å². The summed E-state index contributed by atoms with van der Waals surface area (Å²) >= 11 is 0. The zero-order chi connectivity index (χ0) is 30.4. The Morgan fingerprint density at radius 2 is 1.77 bits per heavy atom. The first kappa shape index (κ1) is 31.1. The molecule has 1 N–H and O–H groups in total. The summed E-state index contributed by atoms with van der Waals surface area (Å²) in [7, 11) is -0.575. The average Bonchev–Trinajstić information content (AvgIpc) is 3.52. The number of ether oxygens (including phenoxy) is 5. The maximum Gasteiger partial charge on any atom is 0.288 e. The maximum atomic E-state index is 13.6. The first-order valence-electron chi connectivity index (χ1n) is 14.7. The quantitative estimate of drug-likeness (QED) is 0.381. The number of methoxy groups -OCH3 is 1. The summed E-state index contributed by atoms with van der Waals surface area (Å²) in [6, 6.07) is 11.9. The van der Waals surface area contributed by atoms with Crippen molar-refractivity contribution in [1.82, 2.24) is 9.21 Å². The van der Waals surface area contributed by atoms with E-state index < -0.39 is 16.3 Å². The SMILES string of the molecule is COc1ccc(S(=O)(=O)N(CCO)CCOC2CC(c3ccc4c(c3)OCO4)C=C(C(=O)N(C)C3CCCCC3)O2)cc1. The molecule has 2 atom stereocenters. The van der Waals surface area contributed by atoms with Crippen LogP contribution in [-0.4, -0.2) is 88.2 Å². The highest BCUT2D eigenvalue weighted by molar-refractivity contribution is 7.89. The monoisotopic (exact) mass is 616 g/mol. The Hall–Kier alpha value is -3.32. The van der Waals surface area contributed by atoms with Crippen LogP contribution in [0, 0.1) is 0 Å². The number of amides is 1. The molecule has 2 aromatic carbocycles. The normalized spacial score (nSPS) is 20.4.